The Morgan fingerprint density at radius 1 is 1.04 bits per heavy atom. The number of H-pyrrole nitrogens is 1. The molecule has 1 aliphatic heterocycles. The second-order valence-electron chi connectivity index (χ2n) is 6.13. The molecule has 1 fully saturated rings. The highest BCUT2D eigenvalue weighted by Crippen LogP contribution is 2.23. The number of anilines is 1. The highest BCUT2D eigenvalue weighted by Gasteiger charge is 2.17. The molecule has 0 radical (unpaired) electrons. The first-order chi connectivity index (χ1) is 12.5. The summed E-state index contributed by atoms with van der Waals surface area (Å²) in [7, 11) is 0. The number of hydrogen-bond donors (Lipinski definition) is 2. The quantitative estimate of drug-likeness (QED) is 0.724. The number of halogens is 1. The maximum atomic E-state index is 11.2. The number of amides is 1. The zero-order valence-corrected chi connectivity index (χ0v) is 15.0. The minimum Gasteiger partial charge on any atom is -0.371 e. The van der Waals surface area contributed by atoms with E-state index in [1.165, 1.54) is 18.9 Å². The number of para-hydroxylation sites is 1. The number of primary amides is 1. The van der Waals surface area contributed by atoms with E-state index in [-0.39, 0.29) is 11.5 Å². The van der Waals surface area contributed by atoms with Crippen LogP contribution in [-0.4, -0.2) is 24.0 Å². The minimum atomic E-state index is -0.340. The minimum absolute atomic E-state index is 0.0928. The van der Waals surface area contributed by atoms with Crippen LogP contribution in [-0.2, 0) is 0 Å². The molecule has 134 valence electrons. The van der Waals surface area contributed by atoms with Crippen molar-refractivity contribution in [3.8, 4) is 0 Å². The van der Waals surface area contributed by atoms with Gasteiger partial charge in [0, 0.05) is 35.4 Å². The van der Waals surface area contributed by atoms with Gasteiger partial charge in [0.2, 0.25) is 5.56 Å². The van der Waals surface area contributed by atoms with Crippen molar-refractivity contribution in [1.82, 2.24) is 4.98 Å². The van der Waals surface area contributed by atoms with E-state index in [1.807, 2.05) is 24.3 Å². The lowest BCUT2D eigenvalue weighted by molar-refractivity contribution is 0.100. The first-order valence-electron chi connectivity index (χ1n) is 8.47. The zero-order chi connectivity index (χ0) is 18.5. The number of fused-ring (bicyclic) bond motifs is 1. The molecule has 0 aliphatic carbocycles. The third-order valence-electron chi connectivity index (χ3n) is 4.30. The first-order valence-corrected chi connectivity index (χ1v) is 8.85. The van der Waals surface area contributed by atoms with Gasteiger partial charge in [-0.2, -0.15) is 0 Å². The molecule has 26 heavy (non-hydrogen) atoms. The van der Waals surface area contributed by atoms with Crippen molar-refractivity contribution in [1.29, 1.82) is 0 Å². The molecule has 3 aromatic rings. The van der Waals surface area contributed by atoms with Gasteiger partial charge >= 0.3 is 0 Å². The van der Waals surface area contributed by atoms with Gasteiger partial charge in [-0.25, -0.2) is 0 Å². The number of nitrogens with zero attached hydrogens (tertiary/aromatic N) is 1. The number of rotatable bonds is 2. The van der Waals surface area contributed by atoms with Gasteiger partial charge in [-0.1, -0.05) is 23.7 Å². The molecule has 0 bridgehead atoms. The van der Waals surface area contributed by atoms with E-state index in [9.17, 15) is 9.59 Å². The van der Waals surface area contributed by atoms with Gasteiger partial charge in [0.05, 0.1) is 5.56 Å². The standard InChI is InChI=1S/C11H14N2O.C9H6ClNO/c12-11(14)9-5-1-2-6-10(9)13-7-3-4-8-13;10-7-2-3-8-6(5-7)1-4-9(12)11-8/h1-2,5-6H,3-4,7-8H2,(H2,12,14);1-5H,(H,11,12). The fourth-order valence-electron chi connectivity index (χ4n) is 3.04. The Kier molecular flexibility index (Phi) is 5.58. The van der Waals surface area contributed by atoms with Crippen molar-refractivity contribution >= 4 is 34.1 Å². The van der Waals surface area contributed by atoms with Crippen LogP contribution in [0.2, 0.25) is 5.02 Å². The smallest absolute Gasteiger partial charge is 0.250 e. The third-order valence-corrected chi connectivity index (χ3v) is 4.54. The van der Waals surface area contributed by atoms with Crippen molar-refractivity contribution in [2.75, 3.05) is 18.0 Å². The zero-order valence-electron chi connectivity index (χ0n) is 14.2. The van der Waals surface area contributed by atoms with E-state index < -0.39 is 0 Å². The van der Waals surface area contributed by atoms with Crippen LogP contribution in [0.15, 0.2) is 59.4 Å². The molecule has 6 heteroatoms. The van der Waals surface area contributed by atoms with Crippen molar-refractivity contribution in [2.45, 2.75) is 12.8 Å². The summed E-state index contributed by atoms with van der Waals surface area (Å²) in [5, 5.41) is 1.62. The maximum Gasteiger partial charge on any atom is 0.250 e. The van der Waals surface area contributed by atoms with Crippen LogP contribution in [0.25, 0.3) is 10.9 Å². The Morgan fingerprint density at radius 2 is 1.77 bits per heavy atom. The molecule has 0 atom stereocenters. The maximum absolute atomic E-state index is 11.2. The number of carbonyl (C=O) groups is 1. The summed E-state index contributed by atoms with van der Waals surface area (Å²) in [6, 6.07) is 16.1. The molecular weight excluding hydrogens is 350 g/mol. The Labute approximate surface area is 156 Å². The second-order valence-corrected chi connectivity index (χ2v) is 6.57. The van der Waals surface area contributed by atoms with Gasteiger partial charge in [0.15, 0.2) is 0 Å². The SMILES string of the molecule is NC(=O)c1ccccc1N1CCCC1.O=c1ccc2cc(Cl)ccc2[nH]1. The van der Waals surface area contributed by atoms with Gasteiger partial charge in [0.25, 0.3) is 5.91 Å². The van der Waals surface area contributed by atoms with Crippen LogP contribution in [0, 0.1) is 0 Å². The number of benzene rings is 2. The summed E-state index contributed by atoms with van der Waals surface area (Å²) in [5.74, 6) is -0.340. The summed E-state index contributed by atoms with van der Waals surface area (Å²) < 4.78 is 0. The van der Waals surface area contributed by atoms with E-state index in [0.717, 1.165) is 29.7 Å². The summed E-state index contributed by atoms with van der Waals surface area (Å²) in [4.78, 5) is 27.0. The number of nitrogens with two attached hydrogens (primary N) is 1. The molecule has 1 aromatic heterocycles. The number of hydrogen-bond acceptors (Lipinski definition) is 3. The van der Waals surface area contributed by atoms with Crippen molar-refractivity contribution in [3.05, 3.63) is 75.5 Å². The monoisotopic (exact) mass is 369 g/mol. The molecule has 2 heterocycles. The van der Waals surface area contributed by atoms with Gasteiger partial charge in [-0.3, -0.25) is 9.59 Å². The van der Waals surface area contributed by atoms with E-state index >= 15 is 0 Å². The van der Waals surface area contributed by atoms with Crippen molar-refractivity contribution < 1.29 is 4.79 Å². The molecule has 2 aromatic carbocycles. The van der Waals surface area contributed by atoms with E-state index in [4.69, 9.17) is 17.3 Å². The van der Waals surface area contributed by atoms with Crippen LogP contribution >= 0.6 is 11.6 Å². The molecule has 1 aliphatic rings. The van der Waals surface area contributed by atoms with Crippen LogP contribution < -0.4 is 16.2 Å². The third kappa shape index (κ3) is 4.24. The normalized spacial score (nSPS) is 13.3. The molecule has 0 unspecified atom stereocenters. The van der Waals surface area contributed by atoms with Crippen LogP contribution in [0.1, 0.15) is 23.2 Å². The Hall–Kier alpha value is -2.79. The second kappa shape index (κ2) is 8.06. The summed E-state index contributed by atoms with van der Waals surface area (Å²) in [6.07, 6.45) is 2.40. The highest BCUT2D eigenvalue weighted by atomic mass is 35.5. The van der Waals surface area contributed by atoms with Crippen LogP contribution in [0.3, 0.4) is 0 Å². The molecule has 1 saturated heterocycles. The number of pyridine rings is 1. The van der Waals surface area contributed by atoms with E-state index in [0.29, 0.717) is 10.6 Å². The average Bonchev–Trinajstić information content (AvgIpc) is 3.17. The molecule has 0 spiro atoms. The molecule has 1 amide bonds. The van der Waals surface area contributed by atoms with Gasteiger partial charge in [-0.15, -0.1) is 0 Å². The van der Waals surface area contributed by atoms with Crippen molar-refractivity contribution in [2.24, 2.45) is 5.73 Å². The number of nitrogens with one attached hydrogen (secondary N) is 1. The molecule has 5 nitrogen and oxygen atoms in total. The first kappa shape index (κ1) is 18.0. The van der Waals surface area contributed by atoms with Crippen LogP contribution in [0.4, 0.5) is 5.69 Å². The topological polar surface area (TPSA) is 79.2 Å². The molecular formula is C20H20ClN3O2. The van der Waals surface area contributed by atoms with Gasteiger partial charge < -0.3 is 15.6 Å². The summed E-state index contributed by atoms with van der Waals surface area (Å²) >= 11 is 5.77. The fraction of sp³-hybridized carbons (Fsp3) is 0.200. The van der Waals surface area contributed by atoms with Crippen LogP contribution in [0.5, 0.6) is 0 Å². The van der Waals surface area contributed by atoms with Gasteiger partial charge in [0.1, 0.15) is 0 Å². The Balaban J connectivity index is 0.000000152. The Morgan fingerprint density at radius 3 is 2.50 bits per heavy atom. The van der Waals surface area contributed by atoms with E-state index in [2.05, 4.69) is 9.88 Å². The van der Waals surface area contributed by atoms with Gasteiger partial charge in [-0.05, 0) is 54.6 Å². The predicted molar refractivity (Wildman–Crippen MR) is 106 cm³/mol. The number of carbonyl (C=O) groups excluding carboxylic acids is 1. The number of aromatic nitrogens is 1. The largest absolute Gasteiger partial charge is 0.371 e. The molecule has 3 N–H and O–H groups in total. The lowest BCUT2D eigenvalue weighted by Crippen LogP contribution is -2.22. The summed E-state index contributed by atoms with van der Waals surface area (Å²) in [5.41, 5.74) is 7.65. The van der Waals surface area contributed by atoms with E-state index in [1.54, 1.807) is 24.3 Å². The molecule has 0 saturated carbocycles. The molecule has 4 rings (SSSR count). The average molecular weight is 370 g/mol. The summed E-state index contributed by atoms with van der Waals surface area (Å²) in [6.45, 7) is 2.06. The predicted octanol–water partition coefficient (Wildman–Crippen LogP) is 3.57. The number of aromatic amines is 1. The lowest BCUT2D eigenvalue weighted by atomic mass is 10.1. The fourth-order valence-corrected chi connectivity index (χ4v) is 3.22. The highest BCUT2D eigenvalue weighted by molar-refractivity contribution is 6.31. The van der Waals surface area contributed by atoms with Crippen molar-refractivity contribution in [3.63, 3.8) is 0 Å². The lowest BCUT2D eigenvalue weighted by Gasteiger charge is -2.19. The Bertz CT molecular complexity index is 978.